The molecule has 3 rings (SSSR count). The standard InChI is InChI=1S/C18H26N4O5S/c19-17(23)13-21-6-4-15(5-7-21)20-18(24)14-2-1-3-16(12-14)28(25,26)22-8-10-27-11-9-22/h1-3,12,15H,4-11,13H2,(H2,19,23)(H,20,24). The molecule has 2 saturated heterocycles. The van der Waals surface area contributed by atoms with Crippen LogP contribution in [-0.4, -0.2) is 81.4 Å². The Balaban J connectivity index is 1.62. The topological polar surface area (TPSA) is 122 Å². The summed E-state index contributed by atoms with van der Waals surface area (Å²) in [5.41, 5.74) is 5.52. The first-order valence-corrected chi connectivity index (χ1v) is 10.8. The highest BCUT2D eigenvalue weighted by atomic mass is 32.2. The molecule has 9 nitrogen and oxygen atoms in total. The van der Waals surface area contributed by atoms with Gasteiger partial charge in [0, 0.05) is 37.8 Å². The molecule has 2 amide bonds. The summed E-state index contributed by atoms with van der Waals surface area (Å²) in [6, 6.07) is 6.09. The number of benzene rings is 1. The van der Waals surface area contributed by atoms with Crippen molar-refractivity contribution in [3.05, 3.63) is 29.8 Å². The second kappa shape index (κ2) is 8.99. The number of morpholine rings is 1. The number of primary amides is 1. The molecule has 0 radical (unpaired) electrons. The summed E-state index contributed by atoms with van der Waals surface area (Å²) in [4.78, 5) is 25.7. The van der Waals surface area contributed by atoms with E-state index in [0.29, 0.717) is 57.8 Å². The van der Waals surface area contributed by atoms with E-state index in [1.807, 2.05) is 4.90 Å². The van der Waals surface area contributed by atoms with Gasteiger partial charge in [0.05, 0.1) is 24.7 Å². The molecule has 10 heteroatoms. The SMILES string of the molecule is NC(=O)CN1CCC(NC(=O)c2cccc(S(=O)(=O)N3CCOCC3)c2)CC1. The van der Waals surface area contributed by atoms with E-state index in [9.17, 15) is 18.0 Å². The zero-order chi connectivity index (χ0) is 20.1. The maximum absolute atomic E-state index is 12.8. The molecule has 0 spiro atoms. The zero-order valence-corrected chi connectivity index (χ0v) is 16.5. The molecule has 2 aliphatic rings. The van der Waals surface area contributed by atoms with Crippen LogP contribution in [0.25, 0.3) is 0 Å². The van der Waals surface area contributed by atoms with E-state index in [0.717, 1.165) is 0 Å². The Hall–Kier alpha value is -2.01. The van der Waals surface area contributed by atoms with Crippen molar-refractivity contribution in [1.82, 2.24) is 14.5 Å². The summed E-state index contributed by atoms with van der Waals surface area (Å²) in [5, 5.41) is 2.96. The summed E-state index contributed by atoms with van der Waals surface area (Å²) in [5.74, 6) is -0.659. The average Bonchev–Trinajstić information content (AvgIpc) is 2.70. The van der Waals surface area contributed by atoms with Crippen LogP contribution >= 0.6 is 0 Å². The van der Waals surface area contributed by atoms with Crippen molar-refractivity contribution < 1.29 is 22.7 Å². The van der Waals surface area contributed by atoms with E-state index in [4.69, 9.17) is 10.5 Å². The number of nitrogens with zero attached hydrogens (tertiary/aromatic N) is 2. The van der Waals surface area contributed by atoms with Gasteiger partial charge in [0.1, 0.15) is 0 Å². The summed E-state index contributed by atoms with van der Waals surface area (Å²) in [6.07, 6.45) is 1.43. The number of nitrogens with two attached hydrogens (primary N) is 1. The number of carbonyl (C=O) groups excluding carboxylic acids is 2. The molecule has 2 aliphatic heterocycles. The molecular weight excluding hydrogens is 384 g/mol. The van der Waals surface area contributed by atoms with E-state index in [-0.39, 0.29) is 29.3 Å². The minimum atomic E-state index is -3.65. The van der Waals surface area contributed by atoms with Crippen LogP contribution in [0.15, 0.2) is 29.2 Å². The summed E-state index contributed by atoms with van der Waals surface area (Å²) >= 11 is 0. The van der Waals surface area contributed by atoms with Crippen molar-refractivity contribution in [1.29, 1.82) is 0 Å². The van der Waals surface area contributed by atoms with E-state index >= 15 is 0 Å². The van der Waals surface area contributed by atoms with Crippen molar-refractivity contribution in [3.63, 3.8) is 0 Å². The third-order valence-corrected chi connectivity index (χ3v) is 6.90. The van der Waals surface area contributed by atoms with Crippen LogP contribution in [0, 0.1) is 0 Å². The van der Waals surface area contributed by atoms with Gasteiger partial charge in [0.15, 0.2) is 0 Å². The summed E-state index contributed by atoms with van der Waals surface area (Å²) in [7, 11) is -3.65. The largest absolute Gasteiger partial charge is 0.379 e. The van der Waals surface area contributed by atoms with Crippen molar-refractivity contribution >= 4 is 21.8 Å². The fraction of sp³-hybridized carbons (Fsp3) is 0.556. The normalized spacial score (nSPS) is 20.0. The van der Waals surface area contributed by atoms with Gasteiger partial charge in [0.2, 0.25) is 15.9 Å². The molecule has 0 bridgehead atoms. The minimum Gasteiger partial charge on any atom is -0.379 e. The van der Waals surface area contributed by atoms with Crippen LogP contribution < -0.4 is 11.1 Å². The Morgan fingerprint density at radius 3 is 2.46 bits per heavy atom. The highest BCUT2D eigenvalue weighted by Crippen LogP contribution is 2.19. The number of rotatable bonds is 6. The van der Waals surface area contributed by atoms with Gasteiger partial charge in [-0.15, -0.1) is 0 Å². The van der Waals surface area contributed by atoms with Crippen LogP contribution in [0.2, 0.25) is 0 Å². The van der Waals surface area contributed by atoms with E-state index in [2.05, 4.69) is 5.32 Å². The predicted octanol–water partition coefficient (Wildman–Crippen LogP) is -0.613. The van der Waals surface area contributed by atoms with Gasteiger partial charge >= 0.3 is 0 Å². The number of sulfonamides is 1. The number of hydrogen-bond acceptors (Lipinski definition) is 6. The van der Waals surface area contributed by atoms with Gasteiger partial charge in [-0.25, -0.2) is 8.42 Å². The molecule has 0 aromatic heterocycles. The molecule has 28 heavy (non-hydrogen) atoms. The van der Waals surface area contributed by atoms with Crippen LogP contribution in [0.4, 0.5) is 0 Å². The minimum absolute atomic E-state index is 0.0175. The fourth-order valence-corrected chi connectivity index (χ4v) is 4.91. The van der Waals surface area contributed by atoms with Gasteiger partial charge in [-0.05, 0) is 31.0 Å². The van der Waals surface area contributed by atoms with Gasteiger partial charge in [-0.2, -0.15) is 4.31 Å². The van der Waals surface area contributed by atoms with Gasteiger partial charge in [0.25, 0.3) is 5.91 Å². The Morgan fingerprint density at radius 1 is 1.14 bits per heavy atom. The second-order valence-electron chi connectivity index (χ2n) is 7.03. The van der Waals surface area contributed by atoms with Crippen LogP contribution in [0.1, 0.15) is 23.2 Å². The van der Waals surface area contributed by atoms with Crippen LogP contribution in [0.5, 0.6) is 0 Å². The lowest BCUT2D eigenvalue weighted by Crippen LogP contribution is -2.46. The number of hydrogen-bond donors (Lipinski definition) is 2. The smallest absolute Gasteiger partial charge is 0.251 e. The molecule has 0 unspecified atom stereocenters. The van der Waals surface area contributed by atoms with Crippen molar-refractivity contribution in [2.75, 3.05) is 45.9 Å². The molecule has 2 fully saturated rings. The Bertz CT molecular complexity index is 815. The molecule has 1 aromatic rings. The number of ether oxygens (including phenoxy) is 1. The van der Waals surface area contributed by atoms with Crippen LogP contribution in [0.3, 0.4) is 0 Å². The Labute approximate surface area is 164 Å². The highest BCUT2D eigenvalue weighted by molar-refractivity contribution is 7.89. The van der Waals surface area contributed by atoms with E-state index in [1.54, 1.807) is 12.1 Å². The maximum Gasteiger partial charge on any atom is 0.251 e. The molecule has 0 aliphatic carbocycles. The maximum atomic E-state index is 12.8. The van der Waals surface area contributed by atoms with Gasteiger partial charge in [-0.1, -0.05) is 6.07 Å². The van der Waals surface area contributed by atoms with E-state index < -0.39 is 10.0 Å². The molecule has 0 saturated carbocycles. The monoisotopic (exact) mass is 410 g/mol. The van der Waals surface area contributed by atoms with Gasteiger partial charge in [-0.3, -0.25) is 14.5 Å². The lowest BCUT2D eigenvalue weighted by Gasteiger charge is -2.31. The highest BCUT2D eigenvalue weighted by Gasteiger charge is 2.27. The number of nitrogens with one attached hydrogen (secondary N) is 1. The molecule has 0 atom stereocenters. The Morgan fingerprint density at radius 2 is 1.82 bits per heavy atom. The van der Waals surface area contributed by atoms with Crippen molar-refractivity contribution in [2.24, 2.45) is 5.73 Å². The second-order valence-corrected chi connectivity index (χ2v) is 8.97. The summed E-state index contributed by atoms with van der Waals surface area (Å²) < 4.78 is 32.1. The lowest BCUT2D eigenvalue weighted by molar-refractivity contribution is -0.119. The molecule has 2 heterocycles. The molecular formula is C18H26N4O5S. The predicted molar refractivity (Wildman–Crippen MR) is 102 cm³/mol. The summed E-state index contributed by atoms with van der Waals surface area (Å²) in [6.45, 7) is 2.94. The number of amides is 2. The number of carbonyl (C=O) groups is 2. The molecule has 1 aromatic carbocycles. The average molecular weight is 410 g/mol. The molecule has 154 valence electrons. The van der Waals surface area contributed by atoms with Gasteiger partial charge < -0.3 is 15.8 Å². The first-order valence-electron chi connectivity index (χ1n) is 9.36. The zero-order valence-electron chi connectivity index (χ0n) is 15.7. The fourth-order valence-electron chi connectivity index (χ4n) is 3.46. The lowest BCUT2D eigenvalue weighted by atomic mass is 10.0. The third kappa shape index (κ3) is 5.07. The molecule has 3 N–H and O–H groups in total. The number of piperidine rings is 1. The van der Waals surface area contributed by atoms with Crippen molar-refractivity contribution in [3.8, 4) is 0 Å². The Kier molecular flexibility index (Phi) is 6.65. The first kappa shape index (κ1) is 20.7. The van der Waals surface area contributed by atoms with Crippen molar-refractivity contribution in [2.45, 2.75) is 23.8 Å². The quantitative estimate of drug-likeness (QED) is 0.645. The third-order valence-electron chi connectivity index (χ3n) is 5.01. The number of likely N-dealkylation sites (tertiary alicyclic amines) is 1. The first-order chi connectivity index (χ1) is 13.4. The van der Waals surface area contributed by atoms with Crippen LogP contribution in [-0.2, 0) is 19.6 Å². The van der Waals surface area contributed by atoms with E-state index in [1.165, 1.54) is 16.4 Å².